The second kappa shape index (κ2) is 11.2. The van der Waals surface area contributed by atoms with Gasteiger partial charge in [-0.3, -0.25) is 4.79 Å². The van der Waals surface area contributed by atoms with Gasteiger partial charge >= 0.3 is 6.03 Å². The maximum absolute atomic E-state index is 12.9. The fraction of sp³-hybridized carbons (Fsp3) is 0.640. The van der Waals surface area contributed by atoms with Crippen molar-refractivity contribution in [2.24, 2.45) is 0 Å². The molecule has 1 atom stereocenters. The first-order chi connectivity index (χ1) is 17.2. The summed E-state index contributed by atoms with van der Waals surface area (Å²) >= 11 is 0. The summed E-state index contributed by atoms with van der Waals surface area (Å²) < 4.78 is 1.78. The van der Waals surface area contributed by atoms with Crippen LogP contribution in [-0.2, 0) is 4.79 Å². The van der Waals surface area contributed by atoms with Gasteiger partial charge in [-0.15, -0.1) is 0 Å². The van der Waals surface area contributed by atoms with Crippen molar-refractivity contribution in [1.82, 2.24) is 39.6 Å². The molecule has 2 aromatic heterocycles. The molecule has 2 aliphatic rings. The van der Waals surface area contributed by atoms with Crippen LogP contribution in [-0.4, -0.2) is 105 Å². The summed E-state index contributed by atoms with van der Waals surface area (Å²) in [6.45, 7) is 9.44. The molecule has 3 amide bonds. The summed E-state index contributed by atoms with van der Waals surface area (Å²) in [7, 11) is 3.93. The molecule has 0 saturated carbocycles. The Morgan fingerprint density at radius 1 is 1.11 bits per heavy atom. The number of anilines is 1. The predicted molar refractivity (Wildman–Crippen MR) is 139 cm³/mol. The molecule has 4 heterocycles. The van der Waals surface area contributed by atoms with E-state index in [0.29, 0.717) is 43.9 Å². The van der Waals surface area contributed by atoms with Gasteiger partial charge in [0.15, 0.2) is 5.65 Å². The lowest BCUT2D eigenvalue weighted by atomic mass is 10.1. The number of likely N-dealkylation sites (N-methyl/N-ethyl adjacent to an activating group) is 1. The van der Waals surface area contributed by atoms with Gasteiger partial charge in [0.1, 0.15) is 5.82 Å². The molecule has 0 unspecified atom stereocenters. The zero-order valence-corrected chi connectivity index (χ0v) is 22.1. The first-order valence-corrected chi connectivity index (χ1v) is 12.9. The standard InChI is InChI=1S/C25H39N9O2/c1-17(2)21-15-26-34-23(21)27-18(3)28-24(34)29-19-8-12-32(13-9-19)25(36)30-20-10-14-33(16-20)22(35)7-6-11-31(4)5/h6-7,15,17,19-20H,8-14,16H2,1-5H3,(H,30,36)(H,27,28,29)/b7-6+/t20-/m1/s1. The summed E-state index contributed by atoms with van der Waals surface area (Å²) in [5.41, 5.74) is 1.95. The molecule has 2 aromatic rings. The van der Waals surface area contributed by atoms with Crippen LogP contribution in [0.5, 0.6) is 0 Å². The highest BCUT2D eigenvalue weighted by Crippen LogP contribution is 2.22. The number of carbonyl (C=O) groups is 2. The van der Waals surface area contributed by atoms with Crippen LogP contribution in [0, 0.1) is 6.92 Å². The maximum Gasteiger partial charge on any atom is 0.317 e. The van der Waals surface area contributed by atoms with Crippen molar-refractivity contribution >= 4 is 23.5 Å². The summed E-state index contributed by atoms with van der Waals surface area (Å²) in [5.74, 6) is 1.74. The van der Waals surface area contributed by atoms with E-state index in [-0.39, 0.29) is 24.0 Å². The molecule has 196 valence electrons. The van der Waals surface area contributed by atoms with Crippen molar-refractivity contribution in [2.75, 3.05) is 52.1 Å². The van der Waals surface area contributed by atoms with E-state index in [9.17, 15) is 9.59 Å². The van der Waals surface area contributed by atoms with Gasteiger partial charge in [-0.2, -0.15) is 14.6 Å². The Morgan fingerprint density at radius 2 is 1.81 bits per heavy atom. The lowest BCUT2D eigenvalue weighted by molar-refractivity contribution is -0.125. The Balaban J connectivity index is 1.26. The molecule has 0 aliphatic carbocycles. The number of nitrogens with zero attached hydrogens (tertiary/aromatic N) is 7. The number of fused-ring (bicyclic) bond motifs is 1. The predicted octanol–water partition coefficient (Wildman–Crippen LogP) is 1.86. The van der Waals surface area contributed by atoms with E-state index in [0.717, 1.165) is 37.0 Å². The molecule has 0 radical (unpaired) electrons. The Morgan fingerprint density at radius 3 is 2.50 bits per heavy atom. The number of aromatic nitrogens is 4. The normalized spacial score (nSPS) is 19.2. The van der Waals surface area contributed by atoms with Crippen molar-refractivity contribution < 1.29 is 9.59 Å². The second-order valence-electron chi connectivity index (χ2n) is 10.4. The number of hydrogen-bond donors (Lipinski definition) is 2. The summed E-state index contributed by atoms with van der Waals surface area (Å²) in [6.07, 6.45) is 7.79. The minimum atomic E-state index is -0.0511. The summed E-state index contributed by atoms with van der Waals surface area (Å²) in [6, 6.07) is 0.142. The molecule has 0 bridgehead atoms. The van der Waals surface area contributed by atoms with Crippen molar-refractivity contribution in [2.45, 2.75) is 58.0 Å². The smallest absolute Gasteiger partial charge is 0.317 e. The van der Waals surface area contributed by atoms with Crippen molar-refractivity contribution in [3.8, 4) is 0 Å². The third kappa shape index (κ3) is 6.13. The Bertz CT molecular complexity index is 1100. The van der Waals surface area contributed by atoms with E-state index in [1.807, 2.05) is 43.1 Å². The number of likely N-dealkylation sites (tertiary alicyclic amines) is 2. The molecule has 2 N–H and O–H groups in total. The molecule has 2 aliphatic heterocycles. The van der Waals surface area contributed by atoms with Gasteiger partial charge in [-0.1, -0.05) is 19.9 Å². The third-order valence-electron chi connectivity index (χ3n) is 6.80. The first-order valence-electron chi connectivity index (χ1n) is 12.9. The van der Waals surface area contributed by atoms with Crippen molar-refractivity contribution in [3.05, 3.63) is 29.7 Å². The molecular formula is C25H39N9O2. The fourth-order valence-corrected chi connectivity index (χ4v) is 4.72. The van der Waals surface area contributed by atoms with E-state index in [1.165, 1.54) is 0 Å². The van der Waals surface area contributed by atoms with Gasteiger partial charge in [0.2, 0.25) is 11.9 Å². The lowest BCUT2D eigenvalue weighted by Crippen LogP contribution is -2.50. The van der Waals surface area contributed by atoms with Gasteiger partial charge in [0.25, 0.3) is 0 Å². The van der Waals surface area contributed by atoms with Crippen LogP contribution in [0.1, 0.15) is 50.4 Å². The average molecular weight is 498 g/mol. The molecule has 0 spiro atoms. The highest BCUT2D eigenvalue weighted by molar-refractivity contribution is 5.88. The Hall–Kier alpha value is -3.21. The van der Waals surface area contributed by atoms with Gasteiger partial charge in [-0.05, 0) is 46.2 Å². The van der Waals surface area contributed by atoms with Crippen LogP contribution in [0.2, 0.25) is 0 Å². The summed E-state index contributed by atoms with van der Waals surface area (Å²) in [5, 5.41) is 11.2. The fourth-order valence-electron chi connectivity index (χ4n) is 4.72. The van der Waals surface area contributed by atoms with Gasteiger partial charge in [0.05, 0.1) is 6.20 Å². The van der Waals surface area contributed by atoms with Crippen molar-refractivity contribution in [3.63, 3.8) is 0 Å². The average Bonchev–Trinajstić information content (AvgIpc) is 3.46. The second-order valence-corrected chi connectivity index (χ2v) is 10.4. The third-order valence-corrected chi connectivity index (χ3v) is 6.80. The lowest BCUT2D eigenvalue weighted by Gasteiger charge is -2.33. The largest absolute Gasteiger partial charge is 0.351 e. The monoisotopic (exact) mass is 497 g/mol. The molecule has 11 heteroatoms. The minimum Gasteiger partial charge on any atom is -0.351 e. The number of aryl methyl sites for hydroxylation is 1. The number of nitrogens with one attached hydrogen (secondary N) is 2. The van der Waals surface area contributed by atoms with Gasteiger partial charge in [0, 0.05) is 56.4 Å². The SMILES string of the molecule is Cc1nc(NC2CCN(C(=O)N[C@@H]3CCN(C(=O)/C=C/CN(C)C)C3)CC2)n2ncc(C(C)C)c2n1. The number of carbonyl (C=O) groups excluding carboxylic acids is 2. The van der Waals surface area contributed by atoms with E-state index in [1.54, 1.807) is 15.5 Å². The van der Waals surface area contributed by atoms with Gasteiger partial charge < -0.3 is 25.3 Å². The highest BCUT2D eigenvalue weighted by Gasteiger charge is 2.29. The van der Waals surface area contributed by atoms with Crippen LogP contribution in [0.4, 0.5) is 10.7 Å². The van der Waals surface area contributed by atoms with E-state index >= 15 is 0 Å². The number of hydrogen-bond acceptors (Lipinski definition) is 7. The Labute approximate surface area is 212 Å². The molecule has 36 heavy (non-hydrogen) atoms. The minimum absolute atomic E-state index is 0.00671. The maximum atomic E-state index is 12.9. The highest BCUT2D eigenvalue weighted by atomic mass is 16.2. The van der Waals surface area contributed by atoms with E-state index in [4.69, 9.17) is 0 Å². The molecule has 2 fully saturated rings. The van der Waals surface area contributed by atoms with E-state index < -0.39 is 0 Å². The van der Waals surface area contributed by atoms with Crippen LogP contribution in [0.15, 0.2) is 18.3 Å². The molecule has 0 aromatic carbocycles. The molecule has 4 rings (SSSR count). The van der Waals surface area contributed by atoms with Crippen LogP contribution in [0.25, 0.3) is 5.65 Å². The zero-order valence-electron chi connectivity index (χ0n) is 22.1. The molecule has 2 saturated heterocycles. The Kier molecular flexibility index (Phi) is 8.07. The summed E-state index contributed by atoms with van der Waals surface area (Å²) in [4.78, 5) is 40.1. The van der Waals surface area contributed by atoms with Crippen LogP contribution < -0.4 is 10.6 Å². The van der Waals surface area contributed by atoms with Crippen LogP contribution >= 0.6 is 0 Å². The first kappa shape index (κ1) is 25.9. The number of piperidine rings is 1. The number of rotatable bonds is 7. The van der Waals surface area contributed by atoms with Crippen LogP contribution in [0.3, 0.4) is 0 Å². The van der Waals surface area contributed by atoms with Gasteiger partial charge in [-0.25, -0.2) is 9.78 Å². The number of amides is 3. The van der Waals surface area contributed by atoms with Crippen molar-refractivity contribution in [1.29, 1.82) is 0 Å². The number of urea groups is 1. The quantitative estimate of drug-likeness (QED) is 0.562. The zero-order chi connectivity index (χ0) is 25.8. The topological polar surface area (TPSA) is 111 Å². The molecule has 11 nitrogen and oxygen atoms in total. The molecular weight excluding hydrogens is 458 g/mol. The van der Waals surface area contributed by atoms with E-state index in [2.05, 4.69) is 39.5 Å².